The Hall–Kier alpha value is -1.45. The highest BCUT2D eigenvalue weighted by molar-refractivity contribution is 5.80. The fourth-order valence-corrected chi connectivity index (χ4v) is 2.17. The van der Waals surface area contributed by atoms with E-state index in [0.717, 1.165) is 24.1 Å². The number of rotatable bonds is 1. The Kier molecular flexibility index (Phi) is 1.94. The second-order valence-corrected chi connectivity index (χ2v) is 4.32. The number of carbonyl (C=O) groups is 1. The Morgan fingerprint density at radius 2 is 2.27 bits per heavy atom. The standard InChI is InChI=1S/C11H13N3O/c15-11(8-2-1-3-8)14-5-9-4-12-7-13-10(9)6-14/h4,7-8H,1-3,5-6H2. The highest BCUT2D eigenvalue weighted by Crippen LogP contribution is 2.31. The predicted molar refractivity (Wildman–Crippen MR) is 53.6 cm³/mol. The van der Waals surface area contributed by atoms with E-state index in [1.807, 2.05) is 11.1 Å². The number of carbonyl (C=O) groups excluding carboxylic acids is 1. The molecule has 0 N–H and O–H groups in total. The minimum Gasteiger partial charge on any atom is -0.332 e. The molecule has 0 unspecified atom stereocenters. The zero-order valence-corrected chi connectivity index (χ0v) is 8.52. The summed E-state index contributed by atoms with van der Waals surface area (Å²) in [6, 6.07) is 0. The van der Waals surface area contributed by atoms with Crippen LogP contribution < -0.4 is 0 Å². The van der Waals surface area contributed by atoms with Gasteiger partial charge in [0.05, 0.1) is 12.2 Å². The van der Waals surface area contributed by atoms with E-state index in [0.29, 0.717) is 19.0 Å². The molecule has 0 bridgehead atoms. The van der Waals surface area contributed by atoms with Crippen molar-refractivity contribution in [2.75, 3.05) is 0 Å². The van der Waals surface area contributed by atoms with Crippen molar-refractivity contribution >= 4 is 5.91 Å². The molecule has 1 aliphatic heterocycles. The van der Waals surface area contributed by atoms with Crippen molar-refractivity contribution in [3.63, 3.8) is 0 Å². The Labute approximate surface area is 88.3 Å². The molecule has 1 aromatic rings. The van der Waals surface area contributed by atoms with Gasteiger partial charge in [0.15, 0.2) is 0 Å². The lowest BCUT2D eigenvalue weighted by atomic mass is 9.84. The molecule has 1 amide bonds. The Balaban J connectivity index is 1.75. The molecule has 1 saturated carbocycles. The van der Waals surface area contributed by atoms with Gasteiger partial charge >= 0.3 is 0 Å². The first-order valence-corrected chi connectivity index (χ1v) is 5.41. The molecular weight excluding hydrogens is 190 g/mol. The van der Waals surface area contributed by atoms with E-state index in [1.165, 1.54) is 6.42 Å². The SMILES string of the molecule is O=C(C1CCC1)N1Cc2cncnc2C1. The smallest absolute Gasteiger partial charge is 0.226 e. The van der Waals surface area contributed by atoms with Gasteiger partial charge in [0, 0.05) is 24.2 Å². The quantitative estimate of drug-likeness (QED) is 0.687. The van der Waals surface area contributed by atoms with E-state index in [4.69, 9.17) is 0 Å². The molecule has 2 heterocycles. The van der Waals surface area contributed by atoms with Crippen LogP contribution in [0.3, 0.4) is 0 Å². The number of amides is 1. The zero-order chi connectivity index (χ0) is 10.3. The van der Waals surface area contributed by atoms with Crippen LogP contribution in [0.1, 0.15) is 30.5 Å². The van der Waals surface area contributed by atoms with Crippen molar-refractivity contribution in [3.05, 3.63) is 23.8 Å². The number of hydrogen-bond donors (Lipinski definition) is 0. The fourth-order valence-electron chi connectivity index (χ4n) is 2.17. The van der Waals surface area contributed by atoms with Crippen LogP contribution in [-0.4, -0.2) is 20.8 Å². The summed E-state index contributed by atoms with van der Waals surface area (Å²) in [4.78, 5) is 22.0. The molecule has 2 aliphatic rings. The van der Waals surface area contributed by atoms with Gasteiger partial charge in [0.2, 0.25) is 5.91 Å². The molecule has 4 heteroatoms. The van der Waals surface area contributed by atoms with Gasteiger partial charge in [-0.2, -0.15) is 0 Å². The maximum Gasteiger partial charge on any atom is 0.226 e. The Bertz CT molecular complexity index is 376. The average molecular weight is 203 g/mol. The van der Waals surface area contributed by atoms with E-state index in [2.05, 4.69) is 9.97 Å². The molecule has 0 aromatic carbocycles. The molecule has 4 nitrogen and oxygen atoms in total. The molecule has 1 aromatic heterocycles. The molecular formula is C11H13N3O. The summed E-state index contributed by atoms with van der Waals surface area (Å²) in [6.07, 6.45) is 6.71. The number of hydrogen-bond acceptors (Lipinski definition) is 3. The third-order valence-electron chi connectivity index (χ3n) is 3.35. The van der Waals surface area contributed by atoms with Gasteiger partial charge in [-0.25, -0.2) is 9.97 Å². The third-order valence-corrected chi connectivity index (χ3v) is 3.35. The molecule has 78 valence electrons. The first kappa shape index (κ1) is 8.83. The second-order valence-electron chi connectivity index (χ2n) is 4.32. The van der Waals surface area contributed by atoms with Gasteiger partial charge in [0.1, 0.15) is 6.33 Å². The summed E-state index contributed by atoms with van der Waals surface area (Å²) in [5.41, 5.74) is 2.11. The number of fused-ring (bicyclic) bond motifs is 1. The molecule has 0 radical (unpaired) electrons. The van der Waals surface area contributed by atoms with Crippen molar-refractivity contribution in [2.45, 2.75) is 32.4 Å². The van der Waals surface area contributed by atoms with Gasteiger partial charge in [-0.1, -0.05) is 6.42 Å². The summed E-state index contributed by atoms with van der Waals surface area (Å²) in [5.74, 6) is 0.589. The second kappa shape index (κ2) is 3.29. The minimum atomic E-state index is 0.285. The van der Waals surface area contributed by atoms with Gasteiger partial charge < -0.3 is 4.90 Å². The topological polar surface area (TPSA) is 46.1 Å². The maximum atomic E-state index is 12.0. The van der Waals surface area contributed by atoms with Crippen molar-refractivity contribution in [3.8, 4) is 0 Å². The highest BCUT2D eigenvalue weighted by Gasteiger charge is 2.32. The normalized spacial score (nSPS) is 19.9. The van der Waals surface area contributed by atoms with Crippen molar-refractivity contribution < 1.29 is 4.79 Å². The predicted octanol–water partition coefficient (Wildman–Crippen LogP) is 1.12. The molecule has 1 fully saturated rings. The molecule has 0 saturated heterocycles. The summed E-state index contributed by atoms with van der Waals surface area (Å²) >= 11 is 0. The van der Waals surface area contributed by atoms with E-state index in [1.54, 1.807) is 6.33 Å². The van der Waals surface area contributed by atoms with Crippen molar-refractivity contribution in [1.29, 1.82) is 0 Å². The first-order valence-electron chi connectivity index (χ1n) is 5.41. The van der Waals surface area contributed by atoms with Crippen molar-refractivity contribution in [1.82, 2.24) is 14.9 Å². The summed E-state index contributed by atoms with van der Waals surface area (Å²) in [6.45, 7) is 1.37. The molecule has 15 heavy (non-hydrogen) atoms. The lowest BCUT2D eigenvalue weighted by Crippen LogP contribution is -2.35. The van der Waals surface area contributed by atoms with Crippen LogP contribution in [0.25, 0.3) is 0 Å². The highest BCUT2D eigenvalue weighted by atomic mass is 16.2. The van der Waals surface area contributed by atoms with Crippen molar-refractivity contribution in [2.24, 2.45) is 5.92 Å². The number of nitrogens with zero attached hydrogens (tertiary/aromatic N) is 3. The van der Waals surface area contributed by atoms with Gasteiger partial charge in [-0.15, -0.1) is 0 Å². The zero-order valence-electron chi connectivity index (χ0n) is 8.52. The van der Waals surface area contributed by atoms with Crippen LogP contribution in [0, 0.1) is 5.92 Å². The third kappa shape index (κ3) is 1.40. The number of aromatic nitrogens is 2. The van der Waals surface area contributed by atoms with Crippen LogP contribution in [-0.2, 0) is 17.9 Å². The van der Waals surface area contributed by atoms with E-state index < -0.39 is 0 Å². The molecule has 1 aliphatic carbocycles. The average Bonchev–Trinajstić information content (AvgIpc) is 2.58. The lowest BCUT2D eigenvalue weighted by Gasteiger charge is -2.28. The van der Waals surface area contributed by atoms with Crippen LogP contribution in [0.2, 0.25) is 0 Å². The first-order chi connectivity index (χ1) is 7.34. The summed E-state index contributed by atoms with van der Waals surface area (Å²) < 4.78 is 0. The van der Waals surface area contributed by atoms with Crippen LogP contribution >= 0.6 is 0 Å². The van der Waals surface area contributed by atoms with Crippen LogP contribution in [0.15, 0.2) is 12.5 Å². The Morgan fingerprint density at radius 1 is 1.40 bits per heavy atom. The summed E-state index contributed by atoms with van der Waals surface area (Å²) in [7, 11) is 0. The van der Waals surface area contributed by atoms with E-state index >= 15 is 0 Å². The van der Waals surface area contributed by atoms with E-state index in [9.17, 15) is 4.79 Å². The molecule has 0 atom stereocenters. The molecule has 3 rings (SSSR count). The van der Waals surface area contributed by atoms with Crippen LogP contribution in [0.5, 0.6) is 0 Å². The van der Waals surface area contributed by atoms with Gasteiger partial charge in [-0.3, -0.25) is 4.79 Å². The van der Waals surface area contributed by atoms with E-state index in [-0.39, 0.29) is 5.92 Å². The largest absolute Gasteiger partial charge is 0.332 e. The van der Waals surface area contributed by atoms with Gasteiger partial charge in [-0.05, 0) is 12.8 Å². The van der Waals surface area contributed by atoms with Crippen LogP contribution in [0.4, 0.5) is 0 Å². The van der Waals surface area contributed by atoms with Gasteiger partial charge in [0.25, 0.3) is 0 Å². The fraction of sp³-hybridized carbons (Fsp3) is 0.545. The Morgan fingerprint density at radius 3 is 2.93 bits per heavy atom. The summed E-state index contributed by atoms with van der Waals surface area (Å²) in [5, 5.41) is 0. The maximum absolute atomic E-state index is 12.0. The monoisotopic (exact) mass is 203 g/mol. The minimum absolute atomic E-state index is 0.285. The molecule has 0 spiro atoms. The lowest BCUT2D eigenvalue weighted by molar-refractivity contribution is -0.138.